The van der Waals surface area contributed by atoms with Crippen molar-refractivity contribution in [2.45, 2.75) is 51.0 Å². The van der Waals surface area contributed by atoms with Crippen molar-refractivity contribution in [3.63, 3.8) is 0 Å². The van der Waals surface area contributed by atoms with Gasteiger partial charge < -0.3 is 16.2 Å². The summed E-state index contributed by atoms with van der Waals surface area (Å²) < 4.78 is 0. The highest BCUT2D eigenvalue weighted by Gasteiger charge is 2.36. The molecule has 0 radical (unpaired) electrons. The number of aliphatic hydroxyl groups excluding tert-OH is 1. The number of carbonyl (C=O) groups is 1. The lowest BCUT2D eigenvalue weighted by molar-refractivity contribution is 0.0834. The smallest absolute Gasteiger partial charge is 0.274 e. The topological polar surface area (TPSA) is 104 Å². The van der Waals surface area contributed by atoms with Crippen LogP contribution in [0.2, 0.25) is 0 Å². The van der Waals surface area contributed by atoms with Gasteiger partial charge in [0.25, 0.3) is 5.91 Å². The van der Waals surface area contributed by atoms with E-state index in [1.165, 1.54) is 0 Å². The summed E-state index contributed by atoms with van der Waals surface area (Å²) in [6.45, 7) is 3.93. The summed E-state index contributed by atoms with van der Waals surface area (Å²) >= 11 is 0. The number of hydrogen-bond acceptors (Lipinski definition) is 4. The highest BCUT2D eigenvalue weighted by atomic mass is 16.3. The van der Waals surface area contributed by atoms with E-state index in [0.717, 1.165) is 31.4 Å². The van der Waals surface area contributed by atoms with Crippen molar-refractivity contribution in [3.05, 3.63) is 11.4 Å². The number of nitrogen functional groups attached to an aromatic ring is 1. The number of aromatic nitrogens is 2. The number of carbonyl (C=O) groups excluding carboxylic acids is 1. The van der Waals surface area contributed by atoms with Crippen molar-refractivity contribution in [2.75, 3.05) is 12.3 Å². The van der Waals surface area contributed by atoms with Crippen molar-refractivity contribution < 1.29 is 9.90 Å². The number of amides is 1. The van der Waals surface area contributed by atoms with Gasteiger partial charge >= 0.3 is 0 Å². The van der Waals surface area contributed by atoms with E-state index in [-0.39, 0.29) is 24.1 Å². The molecule has 0 aliphatic heterocycles. The molecule has 0 bridgehead atoms. The zero-order valence-corrected chi connectivity index (χ0v) is 11.5. The maximum atomic E-state index is 12.2. The van der Waals surface area contributed by atoms with Crippen LogP contribution in [0.5, 0.6) is 0 Å². The Bertz CT molecular complexity index is 461. The Morgan fingerprint density at radius 3 is 2.63 bits per heavy atom. The van der Waals surface area contributed by atoms with Crippen LogP contribution < -0.4 is 11.1 Å². The highest BCUT2D eigenvalue weighted by Crippen LogP contribution is 2.30. The van der Waals surface area contributed by atoms with Crippen LogP contribution in [0.4, 0.5) is 5.69 Å². The molecule has 106 valence electrons. The minimum absolute atomic E-state index is 0.0416. The molecule has 0 atom stereocenters. The van der Waals surface area contributed by atoms with Gasteiger partial charge in [-0.3, -0.25) is 9.89 Å². The average molecular weight is 266 g/mol. The Morgan fingerprint density at radius 1 is 1.53 bits per heavy atom. The molecule has 6 nitrogen and oxygen atoms in total. The van der Waals surface area contributed by atoms with E-state index in [1.807, 2.05) is 13.8 Å². The number of aromatic amines is 1. The van der Waals surface area contributed by atoms with Crippen LogP contribution in [-0.4, -0.2) is 33.4 Å². The highest BCUT2D eigenvalue weighted by molar-refractivity contribution is 5.98. The third kappa shape index (κ3) is 2.58. The number of hydrogen-bond donors (Lipinski definition) is 4. The van der Waals surface area contributed by atoms with Gasteiger partial charge in [-0.2, -0.15) is 5.10 Å². The summed E-state index contributed by atoms with van der Waals surface area (Å²) in [6.07, 6.45) is 3.65. The number of aliphatic hydroxyl groups is 1. The van der Waals surface area contributed by atoms with Crippen LogP contribution >= 0.6 is 0 Å². The predicted molar refractivity (Wildman–Crippen MR) is 72.8 cm³/mol. The molecular formula is C13H22N4O2. The lowest BCUT2D eigenvalue weighted by Crippen LogP contribution is -2.49. The van der Waals surface area contributed by atoms with Gasteiger partial charge in [0.15, 0.2) is 5.69 Å². The van der Waals surface area contributed by atoms with E-state index >= 15 is 0 Å². The number of anilines is 1. The maximum absolute atomic E-state index is 12.2. The third-order valence-corrected chi connectivity index (χ3v) is 3.87. The molecule has 2 rings (SSSR count). The van der Waals surface area contributed by atoms with Crippen LogP contribution in [0.25, 0.3) is 0 Å². The molecule has 1 aromatic rings. The molecule has 0 aromatic carbocycles. The van der Waals surface area contributed by atoms with Gasteiger partial charge in [0.1, 0.15) is 0 Å². The first-order valence-corrected chi connectivity index (χ1v) is 6.76. The van der Waals surface area contributed by atoms with Crippen LogP contribution in [0.3, 0.4) is 0 Å². The molecule has 1 amide bonds. The Kier molecular flexibility index (Phi) is 3.80. The Hall–Kier alpha value is -1.56. The summed E-state index contributed by atoms with van der Waals surface area (Å²) in [4.78, 5) is 12.2. The van der Waals surface area contributed by atoms with Crippen molar-refractivity contribution in [2.24, 2.45) is 0 Å². The zero-order valence-electron chi connectivity index (χ0n) is 11.5. The molecular weight excluding hydrogens is 244 g/mol. The summed E-state index contributed by atoms with van der Waals surface area (Å²) in [5.74, 6) is -0.121. The van der Waals surface area contributed by atoms with Gasteiger partial charge in [-0.1, -0.05) is 26.7 Å². The van der Waals surface area contributed by atoms with E-state index in [9.17, 15) is 9.90 Å². The number of nitrogens with two attached hydrogens (primary N) is 1. The van der Waals surface area contributed by atoms with E-state index in [4.69, 9.17) is 5.73 Å². The van der Waals surface area contributed by atoms with Crippen molar-refractivity contribution in [3.8, 4) is 0 Å². The van der Waals surface area contributed by atoms with Gasteiger partial charge in [0.2, 0.25) is 0 Å². The largest absolute Gasteiger partial charge is 0.395 e. The van der Waals surface area contributed by atoms with Crippen molar-refractivity contribution in [1.82, 2.24) is 15.5 Å². The second kappa shape index (κ2) is 5.21. The Labute approximate surface area is 112 Å². The molecule has 1 aliphatic carbocycles. The molecule has 1 fully saturated rings. The minimum atomic E-state index is -0.500. The number of H-pyrrole nitrogens is 1. The van der Waals surface area contributed by atoms with Gasteiger partial charge in [0, 0.05) is 0 Å². The second-order valence-corrected chi connectivity index (χ2v) is 5.65. The standard InChI is InChI=1S/C13H22N4O2/c1-8(2)10-9(14)11(17-16-10)12(19)15-13(7-18)5-3-4-6-13/h8,18H,3-7,14H2,1-2H3,(H,15,19)(H,16,17). The molecule has 1 aliphatic rings. The lowest BCUT2D eigenvalue weighted by atomic mass is 9.98. The van der Waals surface area contributed by atoms with E-state index < -0.39 is 5.54 Å². The second-order valence-electron chi connectivity index (χ2n) is 5.65. The first kappa shape index (κ1) is 13.9. The SMILES string of the molecule is CC(C)c1[nH]nc(C(=O)NC2(CO)CCCC2)c1N. The minimum Gasteiger partial charge on any atom is -0.395 e. The molecule has 1 aromatic heterocycles. The average Bonchev–Trinajstić information content (AvgIpc) is 2.96. The van der Waals surface area contributed by atoms with E-state index in [1.54, 1.807) is 0 Å². The summed E-state index contributed by atoms with van der Waals surface area (Å²) in [5, 5.41) is 19.2. The van der Waals surface area contributed by atoms with Crippen LogP contribution in [0.1, 0.15) is 61.6 Å². The molecule has 0 saturated heterocycles. The van der Waals surface area contributed by atoms with Gasteiger partial charge in [0.05, 0.1) is 23.5 Å². The predicted octanol–water partition coefficient (Wildman–Crippen LogP) is 1.15. The monoisotopic (exact) mass is 266 g/mol. The lowest BCUT2D eigenvalue weighted by Gasteiger charge is -2.27. The van der Waals surface area contributed by atoms with Gasteiger partial charge in [-0.05, 0) is 18.8 Å². The van der Waals surface area contributed by atoms with Gasteiger partial charge in [-0.25, -0.2) is 0 Å². The molecule has 1 saturated carbocycles. The molecule has 5 N–H and O–H groups in total. The number of nitrogens with one attached hydrogen (secondary N) is 2. The zero-order chi connectivity index (χ0) is 14.0. The molecule has 6 heteroatoms. The summed E-state index contributed by atoms with van der Waals surface area (Å²) in [7, 11) is 0. The van der Waals surface area contributed by atoms with Crippen molar-refractivity contribution >= 4 is 11.6 Å². The Morgan fingerprint density at radius 2 is 2.16 bits per heavy atom. The normalized spacial score (nSPS) is 17.9. The van der Waals surface area contributed by atoms with Crippen LogP contribution in [0.15, 0.2) is 0 Å². The fourth-order valence-electron chi connectivity index (χ4n) is 2.65. The Balaban J connectivity index is 2.16. The third-order valence-electron chi connectivity index (χ3n) is 3.87. The quantitative estimate of drug-likeness (QED) is 0.656. The number of rotatable bonds is 4. The first-order valence-electron chi connectivity index (χ1n) is 6.76. The molecule has 0 spiro atoms. The molecule has 19 heavy (non-hydrogen) atoms. The maximum Gasteiger partial charge on any atom is 0.274 e. The number of nitrogens with zero attached hydrogens (tertiary/aromatic N) is 1. The fraction of sp³-hybridized carbons (Fsp3) is 0.692. The fourth-order valence-corrected chi connectivity index (χ4v) is 2.65. The van der Waals surface area contributed by atoms with Crippen LogP contribution in [-0.2, 0) is 0 Å². The summed E-state index contributed by atoms with van der Waals surface area (Å²) in [6, 6.07) is 0. The van der Waals surface area contributed by atoms with Crippen molar-refractivity contribution in [1.29, 1.82) is 0 Å². The van der Waals surface area contributed by atoms with E-state index in [0.29, 0.717) is 5.69 Å². The summed E-state index contributed by atoms with van der Waals surface area (Å²) in [5.41, 5.74) is 6.85. The molecule has 0 unspecified atom stereocenters. The van der Waals surface area contributed by atoms with E-state index in [2.05, 4.69) is 15.5 Å². The first-order chi connectivity index (χ1) is 8.99. The molecule has 1 heterocycles. The van der Waals surface area contributed by atoms with Crippen LogP contribution in [0, 0.1) is 0 Å². The van der Waals surface area contributed by atoms with Gasteiger partial charge in [-0.15, -0.1) is 0 Å².